The summed E-state index contributed by atoms with van der Waals surface area (Å²) in [5.41, 5.74) is 43.9. The second-order valence-corrected chi connectivity index (χ2v) is 20.2. The molecule has 0 aliphatic heterocycles. The lowest BCUT2D eigenvalue weighted by Crippen LogP contribution is -2.62. The van der Waals surface area contributed by atoms with Gasteiger partial charge in [0.25, 0.3) is 0 Å². The molecule has 0 aromatic carbocycles. The zero-order valence-electron chi connectivity index (χ0n) is 47.5. The van der Waals surface area contributed by atoms with Gasteiger partial charge in [0.1, 0.15) is 48.3 Å². The molecule has 0 aromatic rings. The number of aliphatic hydroxyl groups excluding tert-OH is 1. The lowest BCUT2D eigenvalue weighted by molar-refractivity contribution is -0.143. The number of aliphatic hydroxyl groups is 1. The fourth-order valence-corrected chi connectivity index (χ4v) is 7.69. The van der Waals surface area contributed by atoms with Gasteiger partial charge in [-0.1, -0.05) is 74.7 Å². The number of hydrogen-bond acceptors (Lipinski definition) is 15. The van der Waals surface area contributed by atoms with E-state index in [9.17, 15) is 58.2 Å². The molecule has 0 aromatic heterocycles. The highest BCUT2D eigenvalue weighted by atomic mass is 16.4. The Balaban J connectivity index is 6.76. The smallest absolute Gasteiger partial charge is 0.326 e. The highest BCUT2D eigenvalue weighted by Gasteiger charge is 2.38. The summed E-state index contributed by atoms with van der Waals surface area (Å²) in [6, 6.07) is -12.6. The molecule has 0 unspecified atom stereocenters. The number of nitrogens with two attached hydrogens (primary N) is 8. The number of primary amides is 1. The van der Waals surface area contributed by atoms with Gasteiger partial charge in [-0.3, -0.25) is 58.1 Å². The summed E-state index contributed by atoms with van der Waals surface area (Å²) >= 11 is 0. The van der Waals surface area contributed by atoms with Gasteiger partial charge in [-0.2, -0.15) is 0 Å². The number of carboxylic acids is 1. The van der Waals surface area contributed by atoms with Crippen molar-refractivity contribution in [3.05, 3.63) is 0 Å². The molecule has 26 N–H and O–H groups in total. The summed E-state index contributed by atoms with van der Waals surface area (Å²) < 4.78 is 0. The fraction of sp³-hybridized carbons (Fsp3) is 0.735. The van der Waals surface area contributed by atoms with Crippen molar-refractivity contribution in [3.63, 3.8) is 0 Å². The molecule has 31 nitrogen and oxygen atoms in total. The monoisotopic (exact) mass is 1140 g/mol. The number of carboxylic acid groups (broad SMARTS) is 1. The normalized spacial score (nSPS) is 15.5. The average Bonchev–Trinajstić information content (AvgIpc) is 3.38. The molecule has 0 saturated heterocycles. The third-order valence-electron chi connectivity index (χ3n) is 13.0. The van der Waals surface area contributed by atoms with E-state index in [1.807, 2.05) is 0 Å². The van der Waals surface area contributed by atoms with E-state index in [1.165, 1.54) is 0 Å². The Bertz CT molecular complexity index is 2130. The Kier molecular flexibility index (Phi) is 34.5. The number of carbonyl (C=O) groups excluding carboxylic acids is 9. The lowest BCUT2D eigenvalue weighted by atomic mass is 9.93. The molecule has 0 saturated carbocycles. The molecule has 0 rings (SSSR count). The first-order chi connectivity index (χ1) is 37.4. The van der Waals surface area contributed by atoms with Crippen molar-refractivity contribution in [2.45, 2.75) is 180 Å². The molecule has 0 aliphatic carbocycles. The predicted octanol–water partition coefficient (Wildman–Crippen LogP) is -5.51. The number of nitrogens with zero attached hydrogens (tertiary/aromatic N) is 3. The van der Waals surface area contributed by atoms with Crippen molar-refractivity contribution in [3.8, 4) is 0 Å². The van der Waals surface area contributed by atoms with Gasteiger partial charge in [-0.05, 0) is 68.6 Å². The zero-order chi connectivity index (χ0) is 61.4. The van der Waals surface area contributed by atoms with Gasteiger partial charge in [-0.25, -0.2) is 4.79 Å². The number of carbonyl (C=O) groups is 10. The largest absolute Gasteiger partial charge is 0.480 e. The molecule has 31 heteroatoms. The molecule has 0 spiro atoms. The molecule has 0 bridgehead atoms. The van der Waals surface area contributed by atoms with Gasteiger partial charge in [0.15, 0.2) is 17.9 Å². The lowest BCUT2D eigenvalue weighted by Gasteiger charge is -2.32. The fourth-order valence-electron chi connectivity index (χ4n) is 7.69. The van der Waals surface area contributed by atoms with Crippen LogP contribution in [0.25, 0.3) is 0 Å². The van der Waals surface area contributed by atoms with Crippen LogP contribution in [-0.4, -0.2) is 168 Å². The maximum Gasteiger partial charge on any atom is 0.326 e. The number of rotatable bonds is 40. The van der Waals surface area contributed by atoms with Crippen LogP contribution in [0.5, 0.6) is 0 Å². The Morgan fingerprint density at radius 3 is 1.14 bits per heavy atom. The maximum absolute atomic E-state index is 14.4. The number of nitrogens with one attached hydrogen (secondary N) is 8. The highest BCUT2D eigenvalue weighted by molar-refractivity contribution is 5.99. The summed E-state index contributed by atoms with van der Waals surface area (Å²) in [6.45, 7) is 13.1. The number of hydrogen-bond donors (Lipinski definition) is 18. The molecule has 0 aliphatic rings. The zero-order valence-corrected chi connectivity index (χ0v) is 47.5. The number of aliphatic imine (C=N–C) groups is 3. The van der Waals surface area contributed by atoms with Crippen LogP contribution >= 0.6 is 0 Å². The Morgan fingerprint density at radius 2 is 0.750 bits per heavy atom. The van der Waals surface area contributed by atoms with Crippen molar-refractivity contribution in [2.24, 2.45) is 84.5 Å². The quantitative estimate of drug-likeness (QED) is 0.0155. The molecule has 80 heavy (non-hydrogen) atoms. The molecular formula is C49H93N19O12. The van der Waals surface area contributed by atoms with E-state index >= 15 is 0 Å². The molecule has 0 radical (unpaired) electrons. The molecule has 456 valence electrons. The third-order valence-corrected chi connectivity index (χ3v) is 13.0. The average molecular weight is 1140 g/mol. The first-order valence-electron chi connectivity index (χ1n) is 26.9. The van der Waals surface area contributed by atoms with E-state index < -0.39 is 144 Å². The topological polar surface area (TPSA) is 553 Å². The Morgan fingerprint density at radius 1 is 0.425 bits per heavy atom. The van der Waals surface area contributed by atoms with Crippen LogP contribution in [0.4, 0.5) is 0 Å². The van der Waals surface area contributed by atoms with Crippen molar-refractivity contribution in [1.82, 2.24) is 42.5 Å². The first-order valence-corrected chi connectivity index (χ1v) is 26.9. The summed E-state index contributed by atoms with van der Waals surface area (Å²) in [6.07, 6.45) is 0.845. The van der Waals surface area contributed by atoms with Crippen LogP contribution in [-0.2, 0) is 47.9 Å². The summed E-state index contributed by atoms with van der Waals surface area (Å²) in [5, 5.41) is 40.4. The molecule has 12 atom stereocenters. The van der Waals surface area contributed by atoms with E-state index in [0.717, 1.165) is 0 Å². The van der Waals surface area contributed by atoms with Gasteiger partial charge in [0, 0.05) is 19.6 Å². The van der Waals surface area contributed by atoms with Gasteiger partial charge >= 0.3 is 5.97 Å². The molecule has 9 amide bonds. The van der Waals surface area contributed by atoms with Crippen LogP contribution in [0.15, 0.2) is 15.0 Å². The second-order valence-electron chi connectivity index (χ2n) is 20.2. The van der Waals surface area contributed by atoms with E-state index in [4.69, 9.17) is 45.9 Å². The van der Waals surface area contributed by atoms with Crippen LogP contribution in [0.3, 0.4) is 0 Å². The van der Waals surface area contributed by atoms with Crippen LogP contribution in [0, 0.1) is 23.7 Å². The minimum atomic E-state index is -1.81. The van der Waals surface area contributed by atoms with E-state index in [2.05, 4.69) is 57.5 Å². The van der Waals surface area contributed by atoms with Crippen molar-refractivity contribution < 1.29 is 58.2 Å². The first kappa shape index (κ1) is 72.4. The highest BCUT2D eigenvalue weighted by Crippen LogP contribution is 2.16. The summed E-state index contributed by atoms with van der Waals surface area (Å²) in [4.78, 5) is 147. The third kappa shape index (κ3) is 28.4. The van der Waals surface area contributed by atoms with E-state index in [-0.39, 0.29) is 82.0 Å². The SMILES string of the molecule is CC[C@H](C)[C@H](NC(=O)[C@H](CCCN=C(N)N)NC(=O)[C@H](CC(N)=O)NC(=O)[C@H](CO)NC(=O)[C@H](CC(C)C)NC(=O)[C@@H](N)CCCN=C(N)N)C(=O)N[C@H](C(=O)N[C@H](C(=O)N[C@@H](CCCN=C(N)N)C(=O)O)[C@@H](C)CC)[C@@H](C)CC. The van der Waals surface area contributed by atoms with Crippen molar-refractivity contribution >= 4 is 77.0 Å². The minimum absolute atomic E-state index is 0.0298. The minimum Gasteiger partial charge on any atom is -0.480 e. The number of guanidine groups is 3. The summed E-state index contributed by atoms with van der Waals surface area (Å²) in [7, 11) is 0. The Hall–Kier alpha value is -7.57. The molecule has 0 fully saturated rings. The predicted molar refractivity (Wildman–Crippen MR) is 300 cm³/mol. The summed E-state index contributed by atoms with van der Waals surface area (Å²) in [5.74, 6) is -12.0. The maximum atomic E-state index is 14.4. The van der Waals surface area contributed by atoms with Crippen molar-refractivity contribution in [2.75, 3.05) is 26.2 Å². The Labute approximate surface area is 467 Å². The van der Waals surface area contributed by atoms with E-state index in [1.54, 1.807) is 55.4 Å². The van der Waals surface area contributed by atoms with Crippen LogP contribution < -0.4 is 88.4 Å². The molecular weight excluding hydrogens is 1050 g/mol. The second kappa shape index (κ2) is 38.1. The standard InChI is InChI=1S/C49H93N19O12/c1-9-25(6)35(43(76)62-30(46(79)80)17-14-20-60-49(56)57)67-45(78)37(27(8)11-3)68-44(77)36(26(7)10-2)66-39(72)29(16-13-19-59-48(54)55)61-41(74)32(22-34(51)70)64-42(75)33(23-69)65-40(73)31(21-24(4)5)63-38(71)28(50)15-12-18-58-47(52)53/h24-33,35-37,69H,9-23,50H2,1-8H3,(H2,51,70)(H,61,74)(H,62,76)(H,63,71)(H,64,75)(H,65,73)(H,66,72)(H,67,78)(H,68,77)(H,79,80)(H4,52,53,58)(H4,54,55,59)(H4,56,57,60)/t25-,26-,27-,28-,29-,30-,31-,32-,33-,35-,36-,37-/m0/s1. The number of amides is 9. The van der Waals surface area contributed by atoms with Crippen LogP contribution in [0.2, 0.25) is 0 Å². The van der Waals surface area contributed by atoms with Crippen LogP contribution in [0.1, 0.15) is 126 Å². The van der Waals surface area contributed by atoms with E-state index in [0.29, 0.717) is 25.7 Å². The van der Waals surface area contributed by atoms with Crippen molar-refractivity contribution in [1.29, 1.82) is 0 Å². The number of aliphatic carboxylic acids is 1. The van der Waals surface area contributed by atoms with Gasteiger partial charge in [-0.15, -0.1) is 0 Å². The van der Waals surface area contributed by atoms with Gasteiger partial charge in [0.05, 0.1) is 19.1 Å². The molecule has 0 heterocycles. The van der Waals surface area contributed by atoms with Gasteiger partial charge < -0.3 is 98.6 Å². The van der Waals surface area contributed by atoms with Gasteiger partial charge in [0.2, 0.25) is 53.2 Å².